The number of carbonyl (C=O) groups excluding carboxylic acids is 1. The number of aromatic nitrogens is 2. The summed E-state index contributed by atoms with van der Waals surface area (Å²) in [4.78, 5) is 14.3. The number of likely N-dealkylation sites (tertiary alicyclic amines) is 1. The first-order valence-corrected chi connectivity index (χ1v) is 9.48. The first kappa shape index (κ1) is 15.3. The molecule has 1 aromatic heterocycles. The number of carbonyl (C=O) groups is 1. The molecule has 2 N–H and O–H groups in total. The number of urea groups is 1. The zero-order valence-corrected chi connectivity index (χ0v) is 13.7. The van der Waals surface area contributed by atoms with E-state index in [2.05, 4.69) is 15.5 Å². The third-order valence-corrected chi connectivity index (χ3v) is 6.36. The molecule has 2 amide bonds. The monoisotopic (exact) mass is 326 g/mol. The Hall–Kier alpha value is -1.57. The van der Waals surface area contributed by atoms with Gasteiger partial charge in [-0.2, -0.15) is 5.10 Å². The summed E-state index contributed by atoms with van der Waals surface area (Å²) >= 11 is 0. The smallest absolute Gasteiger partial charge is 0.318 e. The van der Waals surface area contributed by atoms with Crippen molar-refractivity contribution in [3.05, 3.63) is 17.0 Å². The molecule has 0 aliphatic carbocycles. The number of amides is 2. The number of nitrogens with zero attached hydrogens (tertiary/aromatic N) is 2. The van der Waals surface area contributed by atoms with Crippen molar-refractivity contribution in [2.24, 2.45) is 0 Å². The highest BCUT2D eigenvalue weighted by molar-refractivity contribution is 7.91. The molecule has 2 aliphatic rings. The number of aryl methyl sites for hydroxylation is 2. The molecular weight excluding hydrogens is 304 g/mol. The lowest BCUT2D eigenvalue weighted by atomic mass is 10.0. The van der Waals surface area contributed by atoms with Crippen LogP contribution in [-0.4, -0.2) is 53.6 Å². The molecule has 7 nitrogen and oxygen atoms in total. The molecule has 3 heterocycles. The summed E-state index contributed by atoms with van der Waals surface area (Å²) in [5.41, 5.74) is 3.00. The van der Waals surface area contributed by atoms with Gasteiger partial charge in [-0.3, -0.25) is 5.10 Å². The molecule has 0 saturated carbocycles. The summed E-state index contributed by atoms with van der Waals surface area (Å²) in [5, 5.41) is 10.1. The Bertz CT molecular complexity index is 663. The summed E-state index contributed by atoms with van der Waals surface area (Å²) < 4.78 is 23.0. The second kappa shape index (κ2) is 5.57. The lowest BCUT2D eigenvalue weighted by Crippen LogP contribution is -2.45. The van der Waals surface area contributed by atoms with E-state index in [-0.39, 0.29) is 29.6 Å². The Balaban J connectivity index is 1.72. The molecule has 2 saturated heterocycles. The summed E-state index contributed by atoms with van der Waals surface area (Å²) in [6.45, 7) is 4.60. The maximum absolute atomic E-state index is 12.5. The summed E-state index contributed by atoms with van der Waals surface area (Å²) in [5.74, 6) is 0.225. The quantitative estimate of drug-likeness (QED) is 0.849. The van der Waals surface area contributed by atoms with E-state index in [0.717, 1.165) is 29.8 Å². The molecule has 0 radical (unpaired) electrons. The highest BCUT2D eigenvalue weighted by Crippen LogP contribution is 2.34. The van der Waals surface area contributed by atoms with Gasteiger partial charge in [0.1, 0.15) is 0 Å². The van der Waals surface area contributed by atoms with E-state index in [1.54, 1.807) is 0 Å². The number of hydrogen-bond acceptors (Lipinski definition) is 4. The van der Waals surface area contributed by atoms with Crippen LogP contribution in [0, 0.1) is 13.8 Å². The van der Waals surface area contributed by atoms with E-state index >= 15 is 0 Å². The van der Waals surface area contributed by atoms with E-state index in [4.69, 9.17) is 0 Å². The Morgan fingerprint density at radius 2 is 2.14 bits per heavy atom. The van der Waals surface area contributed by atoms with Gasteiger partial charge in [0, 0.05) is 23.8 Å². The van der Waals surface area contributed by atoms with Gasteiger partial charge in [0.05, 0.1) is 23.2 Å². The standard InChI is InChI=1S/C14H22N4O3S/c1-9-13(10(2)17-16-9)12-4-3-6-18(12)14(19)15-11-5-7-22(20,21)8-11/h11-12H,3-8H2,1-2H3,(H,15,19)(H,16,17)/t11-,12-/m0/s1. The van der Waals surface area contributed by atoms with Gasteiger partial charge in [-0.1, -0.05) is 0 Å². The highest BCUT2D eigenvalue weighted by atomic mass is 32.2. The van der Waals surface area contributed by atoms with Gasteiger partial charge in [-0.25, -0.2) is 13.2 Å². The number of rotatable bonds is 2. The molecule has 0 bridgehead atoms. The number of nitrogens with one attached hydrogen (secondary N) is 2. The molecule has 0 unspecified atom stereocenters. The van der Waals surface area contributed by atoms with Gasteiger partial charge in [-0.05, 0) is 33.1 Å². The van der Waals surface area contributed by atoms with Crippen molar-refractivity contribution >= 4 is 15.9 Å². The van der Waals surface area contributed by atoms with E-state index in [1.807, 2.05) is 18.7 Å². The van der Waals surface area contributed by atoms with Crippen molar-refractivity contribution in [1.29, 1.82) is 0 Å². The van der Waals surface area contributed by atoms with Crippen LogP contribution in [0.5, 0.6) is 0 Å². The molecule has 2 fully saturated rings. The largest absolute Gasteiger partial charge is 0.334 e. The van der Waals surface area contributed by atoms with Crippen LogP contribution < -0.4 is 5.32 Å². The van der Waals surface area contributed by atoms with Crippen LogP contribution in [0.15, 0.2) is 0 Å². The van der Waals surface area contributed by atoms with E-state index in [0.29, 0.717) is 13.0 Å². The number of sulfone groups is 1. The fourth-order valence-electron chi connectivity index (χ4n) is 3.53. The third-order valence-electron chi connectivity index (χ3n) is 4.59. The fourth-order valence-corrected chi connectivity index (χ4v) is 5.20. The molecule has 22 heavy (non-hydrogen) atoms. The first-order valence-electron chi connectivity index (χ1n) is 7.66. The lowest BCUT2D eigenvalue weighted by molar-refractivity contribution is 0.189. The van der Waals surface area contributed by atoms with Crippen LogP contribution in [0.25, 0.3) is 0 Å². The van der Waals surface area contributed by atoms with Gasteiger partial charge in [0.25, 0.3) is 0 Å². The normalized spacial score (nSPS) is 27.3. The lowest BCUT2D eigenvalue weighted by Gasteiger charge is -2.27. The van der Waals surface area contributed by atoms with Gasteiger partial charge in [-0.15, -0.1) is 0 Å². The average molecular weight is 326 g/mol. The molecule has 1 aromatic rings. The second-order valence-corrected chi connectivity index (χ2v) is 8.48. The van der Waals surface area contributed by atoms with Gasteiger partial charge in [0.2, 0.25) is 0 Å². The Labute approximate surface area is 130 Å². The predicted molar refractivity (Wildman–Crippen MR) is 82.3 cm³/mol. The maximum atomic E-state index is 12.5. The first-order chi connectivity index (χ1) is 10.4. The van der Waals surface area contributed by atoms with E-state index in [1.165, 1.54) is 0 Å². The number of H-pyrrole nitrogens is 1. The highest BCUT2D eigenvalue weighted by Gasteiger charge is 2.35. The van der Waals surface area contributed by atoms with E-state index in [9.17, 15) is 13.2 Å². The second-order valence-electron chi connectivity index (χ2n) is 6.25. The predicted octanol–water partition coefficient (Wildman–Crippen LogP) is 1.06. The van der Waals surface area contributed by atoms with Crippen LogP contribution >= 0.6 is 0 Å². The Morgan fingerprint density at radius 1 is 1.36 bits per heavy atom. The molecule has 122 valence electrons. The number of aromatic amines is 1. The van der Waals surface area contributed by atoms with Crippen LogP contribution in [0.4, 0.5) is 4.79 Å². The molecule has 8 heteroatoms. The average Bonchev–Trinajstić information content (AvgIpc) is 3.10. The minimum atomic E-state index is -2.98. The fraction of sp³-hybridized carbons (Fsp3) is 0.714. The topological polar surface area (TPSA) is 95.2 Å². The Morgan fingerprint density at radius 3 is 2.73 bits per heavy atom. The van der Waals surface area contributed by atoms with Crippen LogP contribution in [0.3, 0.4) is 0 Å². The molecule has 3 rings (SSSR count). The van der Waals surface area contributed by atoms with Crippen molar-refractivity contribution in [3.63, 3.8) is 0 Å². The summed E-state index contributed by atoms with van der Waals surface area (Å²) in [7, 11) is -2.98. The maximum Gasteiger partial charge on any atom is 0.318 e. The number of hydrogen-bond donors (Lipinski definition) is 2. The zero-order valence-electron chi connectivity index (χ0n) is 12.9. The SMILES string of the molecule is Cc1n[nH]c(C)c1[C@@H]1CCCN1C(=O)N[C@H]1CCS(=O)(=O)C1. The molecular formula is C14H22N4O3S. The minimum Gasteiger partial charge on any atom is -0.334 e. The van der Waals surface area contributed by atoms with Crippen molar-refractivity contribution in [2.45, 2.75) is 45.2 Å². The zero-order chi connectivity index (χ0) is 15.9. The van der Waals surface area contributed by atoms with Crippen LogP contribution in [-0.2, 0) is 9.84 Å². The molecule has 2 atom stereocenters. The van der Waals surface area contributed by atoms with Crippen molar-refractivity contribution in [3.8, 4) is 0 Å². The van der Waals surface area contributed by atoms with E-state index < -0.39 is 9.84 Å². The van der Waals surface area contributed by atoms with Crippen molar-refractivity contribution < 1.29 is 13.2 Å². The van der Waals surface area contributed by atoms with Crippen LogP contribution in [0.2, 0.25) is 0 Å². The third kappa shape index (κ3) is 2.84. The minimum absolute atomic E-state index is 0.0248. The molecule has 0 spiro atoms. The molecule has 2 aliphatic heterocycles. The van der Waals surface area contributed by atoms with Gasteiger partial charge in [0.15, 0.2) is 9.84 Å². The van der Waals surface area contributed by atoms with Gasteiger partial charge < -0.3 is 10.2 Å². The molecule has 0 aromatic carbocycles. The summed E-state index contributed by atoms with van der Waals surface area (Å²) in [6.07, 6.45) is 2.37. The van der Waals surface area contributed by atoms with Crippen molar-refractivity contribution in [1.82, 2.24) is 20.4 Å². The summed E-state index contributed by atoms with van der Waals surface area (Å²) in [6, 6.07) is -0.397. The van der Waals surface area contributed by atoms with Crippen LogP contribution in [0.1, 0.15) is 42.3 Å². The van der Waals surface area contributed by atoms with Gasteiger partial charge >= 0.3 is 6.03 Å². The van der Waals surface area contributed by atoms with Crippen molar-refractivity contribution in [2.75, 3.05) is 18.1 Å². The Kier molecular flexibility index (Phi) is 3.88.